The molecule has 2 aromatic rings. The number of nitrogens with zero attached hydrogens (tertiary/aromatic N) is 2. The Bertz CT molecular complexity index is 830. The highest BCUT2D eigenvalue weighted by Gasteiger charge is 2.26. The van der Waals surface area contributed by atoms with Gasteiger partial charge in [0.25, 0.3) is 5.91 Å². The zero-order valence-electron chi connectivity index (χ0n) is 14.5. The predicted molar refractivity (Wildman–Crippen MR) is 93.7 cm³/mol. The summed E-state index contributed by atoms with van der Waals surface area (Å²) in [4.78, 5) is 28.1. The average molecular weight is 358 g/mol. The normalized spacial score (nSPS) is 14.4. The average Bonchev–Trinajstić information content (AvgIpc) is 2.63. The second kappa shape index (κ2) is 7.64. The Hall–Kier alpha value is -2.76. The number of halogens is 2. The van der Waals surface area contributed by atoms with E-state index in [1.807, 2.05) is 31.2 Å². The van der Waals surface area contributed by atoms with Crippen LogP contribution in [-0.4, -0.2) is 47.8 Å². The van der Waals surface area contributed by atoms with Crippen LogP contribution in [0.2, 0.25) is 0 Å². The van der Waals surface area contributed by atoms with E-state index < -0.39 is 17.5 Å². The van der Waals surface area contributed by atoms with E-state index in [0.717, 1.165) is 23.3 Å². The summed E-state index contributed by atoms with van der Waals surface area (Å²) >= 11 is 0. The van der Waals surface area contributed by atoms with E-state index in [2.05, 4.69) is 0 Å². The number of aryl methyl sites for hydroxylation is 1. The molecule has 2 amide bonds. The van der Waals surface area contributed by atoms with E-state index in [0.29, 0.717) is 38.7 Å². The van der Waals surface area contributed by atoms with Gasteiger partial charge in [-0.15, -0.1) is 0 Å². The van der Waals surface area contributed by atoms with Crippen LogP contribution in [0.5, 0.6) is 0 Å². The van der Waals surface area contributed by atoms with Gasteiger partial charge in [-0.3, -0.25) is 9.59 Å². The molecule has 136 valence electrons. The summed E-state index contributed by atoms with van der Waals surface area (Å²) in [5.41, 5.74) is 1.91. The summed E-state index contributed by atoms with van der Waals surface area (Å²) in [6, 6.07) is 10.7. The number of hydrogen-bond acceptors (Lipinski definition) is 2. The maximum absolute atomic E-state index is 13.8. The minimum Gasteiger partial charge on any atom is -0.339 e. The molecule has 1 aliphatic rings. The van der Waals surface area contributed by atoms with Gasteiger partial charge in [-0.25, -0.2) is 8.78 Å². The summed E-state index contributed by atoms with van der Waals surface area (Å²) in [5.74, 6) is -2.05. The molecule has 6 heteroatoms. The monoisotopic (exact) mass is 358 g/mol. The fraction of sp³-hybridized carbons (Fsp3) is 0.300. The molecule has 2 aromatic carbocycles. The van der Waals surface area contributed by atoms with Crippen LogP contribution in [0.25, 0.3) is 0 Å². The van der Waals surface area contributed by atoms with E-state index >= 15 is 0 Å². The molecule has 0 aromatic heterocycles. The molecule has 0 atom stereocenters. The molecular formula is C20H20F2N2O2. The van der Waals surface area contributed by atoms with Crippen molar-refractivity contribution in [1.29, 1.82) is 0 Å². The number of amides is 2. The lowest BCUT2D eigenvalue weighted by atomic mass is 10.1. The van der Waals surface area contributed by atoms with Gasteiger partial charge in [0.2, 0.25) is 5.91 Å². The smallest absolute Gasteiger partial charge is 0.256 e. The van der Waals surface area contributed by atoms with Crippen LogP contribution in [0.4, 0.5) is 8.78 Å². The molecule has 0 bridgehead atoms. The van der Waals surface area contributed by atoms with Crippen molar-refractivity contribution in [2.24, 2.45) is 0 Å². The molecule has 1 heterocycles. The molecule has 0 spiro atoms. The Morgan fingerprint density at radius 1 is 0.962 bits per heavy atom. The van der Waals surface area contributed by atoms with Crippen LogP contribution < -0.4 is 0 Å². The predicted octanol–water partition coefficient (Wildman–Crippen LogP) is 2.80. The third-order valence-electron chi connectivity index (χ3n) is 4.68. The molecule has 4 nitrogen and oxygen atoms in total. The second-order valence-corrected chi connectivity index (χ2v) is 6.40. The van der Waals surface area contributed by atoms with Gasteiger partial charge in [-0.05, 0) is 30.2 Å². The highest BCUT2D eigenvalue weighted by atomic mass is 19.1. The summed E-state index contributed by atoms with van der Waals surface area (Å²) < 4.78 is 26.8. The van der Waals surface area contributed by atoms with Crippen molar-refractivity contribution in [1.82, 2.24) is 9.80 Å². The lowest BCUT2D eigenvalue weighted by Crippen LogP contribution is -2.51. The topological polar surface area (TPSA) is 40.6 Å². The summed E-state index contributed by atoms with van der Waals surface area (Å²) in [6.45, 7) is 3.43. The summed E-state index contributed by atoms with van der Waals surface area (Å²) in [7, 11) is 0. The fourth-order valence-corrected chi connectivity index (χ4v) is 3.08. The zero-order valence-corrected chi connectivity index (χ0v) is 14.5. The molecule has 26 heavy (non-hydrogen) atoms. The van der Waals surface area contributed by atoms with Crippen LogP contribution in [0.15, 0.2) is 42.5 Å². The van der Waals surface area contributed by atoms with Crippen molar-refractivity contribution < 1.29 is 18.4 Å². The Labute approximate surface area is 151 Å². The lowest BCUT2D eigenvalue weighted by molar-refractivity contribution is -0.131. The van der Waals surface area contributed by atoms with Crippen molar-refractivity contribution in [3.63, 3.8) is 0 Å². The van der Waals surface area contributed by atoms with Crippen molar-refractivity contribution >= 4 is 11.8 Å². The van der Waals surface area contributed by atoms with Crippen molar-refractivity contribution in [2.45, 2.75) is 13.3 Å². The van der Waals surface area contributed by atoms with E-state index in [4.69, 9.17) is 0 Å². The van der Waals surface area contributed by atoms with Gasteiger partial charge < -0.3 is 9.80 Å². The van der Waals surface area contributed by atoms with Crippen LogP contribution in [0.1, 0.15) is 21.5 Å². The molecule has 0 aliphatic carbocycles. The van der Waals surface area contributed by atoms with E-state index in [1.165, 1.54) is 4.90 Å². The first-order valence-electron chi connectivity index (χ1n) is 8.52. The minimum absolute atomic E-state index is 0.0133. The first-order chi connectivity index (χ1) is 12.5. The number of carbonyl (C=O) groups is 2. The zero-order chi connectivity index (χ0) is 18.7. The van der Waals surface area contributed by atoms with Gasteiger partial charge in [0, 0.05) is 32.2 Å². The molecule has 1 aliphatic heterocycles. The standard InChI is InChI=1S/C20H20F2N2O2/c1-14-4-2-3-5-15(14)12-19(25)23-8-10-24(11-9-23)20(26)17-7-6-16(21)13-18(17)22/h2-7,13H,8-12H2,1H3. The second-order valence-electron chi connectivity index (χ2n) is 6.40. The Morgan fingerprint density at radius 3 is 2.27 bits per heavy atom. The first-order valence-corrected chi connectivity index (χ1v) is 8.52. The van der Waals surface area contributed by atoms with Crippen LogP contribution in [0.3, 0.4) is 0 Å². The van der Waals surface area contributed by atoms with Gasteiger partial charge in [-0.2, -0.15) is 0 Å². The van der Waals surface area contributed by atoms with E-state index in [1.54, 1.807) is 4.90 Å². The molecule has 1 fully saturated rings. The third kappa shape index (κ3) is 3.90. The maximum atomic E-state index is 13.8. The number of hydrogen-bond donors (Lipinski definition) is 0. The van der Waals surface area contributed by atoms with Crippen LogP contribution >= 0.6 is 0 Å². The maximum Gasteiger partial charge on any atom is 0.256 e. The minimum atomic E-state index is -0.868. The molecule has 0 radical (unpaired) electrons. The quantitative estimate of drug-likeness (QED) is 0.847. The van der Waals surface area contributed by atoms with Crippen molar-refractivity contribution in [3.05, 3.63) is 70.8 Å². The van der Waals surface area contributed by atoms with Gasteiger partial charge in [0.05, 0.1) is 12.0 Å². The Kier molecular flexibility index (Phi) is 5.30. The molecular weight excluding hydrogens is 338 g/mol. The number of carbonyl (C=O) groups excluding carboxylic acids is 2. The molecule has 0 saturated carbocycles. The van der Waals surface area contributed by atoms with Crippen LogP contribution in [0, 0.1) is 18.6 Å². The van der Waals surface area contributed by atoms with E-state index in [9.17, 15) is 18.4 Å². The largest absolute Gasteiger partial charge is 0.339 e. The van der Waals surface area contributed by atoms with E-state index in [-0.39, 0.29) is 11.5 Å². The first kappa shape index (κ1) is 18.0. The summed E-state index contributed by atoms with van der Waals surface area (Å²) in [5, 5.41) is 0. The van der Waals surface area contributed by atoms with Crippen LogP contribution in [-0.2, 0) is 11.2 Å². The molecule has 1 saturated heterocycles. The van der Waals surface area contributed by atoms with Crippen molar-refractivity contribution in [3.8, 4) is 0 Å². The molecule has 0 unspecified atom stereocenters. The SMILES string of the molecule is Cc1ccccc1CC(=O)N1CCN(C(=O)c2ccc(F)cc2F)CC1. The molecule has 0 N–H and O–H groups in total. The highest BCUT2D eigenvalue weighted by molar-refractivity contribution is 5.94. The van der Waals surface area contributed by atoms with Gasteiger partial charge >= 0.3 is 0 Å². The third-order valence-corrected chi connectivity index (χ3v) is 4.68. The van der Waals surface area contributed by atoms with Gasteiger partial charge in [0.15, 0.2) is 0 Å². The number of piperazine rings is 1. The number of rotatable bonds is 3. The summed E-state index contributed by atoms with van der Waals surface area (Å²) in [6.07, 6.45) is 0.327. The Balaban J connectivity index is 1.59. The van der Waals surface area contributed by atoms with Crippen molar-refractivity contribution in [2.75, 3.05) is 26.2 Å². The van der Waals surface area contributed by atoms with Gasteiger partial charge in [0.1, 0.15) is 11.6 Å². The fourth-order valence-electron chi connectivity index (χ4n) is 3.08. The Morgan fingerprint density at radius 2 is 1.62 bits per heavy atom. The molecule has 3 rings (SSSR count). The highest BCUT2D eigenvalue weighted by Crippen LogP contribution is 2.15. The van der Waals surface area contributed by atoms with Gasteiger partial charge in [-0.1, -0.05) is 24.3 Å². The number of benzene rings is 2. The lowest BCUT2D eigenvalue weighted by Gasteiger charge is -2.35.